The number of amides is 3. The Hall–Kier alpha value is -5.85. The van der Waals surface area contributed by atoms with Gasteiger partial charge < -0.3 is 25.2 Å². The van der Waals surface area contributed by atoms with E-state index < -0.39 is 29.9 Å². The fourth-order valence-corrected chi connectivity index (χ4v) is 13.5. The van der Waals surface area contributed by atoms with Crippen LogP contribution in [0.15, 0.2) is 60.8 Å². The molecule has 0 aliphatic carbocycles. The molecule has 3 amide bonds. The molecule has 8 aliphatic rings. The second kappa shape index (κ2) is 16.1. The average Bonchev–Trinajstić information content (AvgIpc) is 4.16. The summed E-state index contributed by atoms with van der Waals surface area (Å²) in [6.45, 7) is 9.28. The maximum absolute atomic E-state index is 17.2. The number of carbonyl (C=O) groups is 3. The number of aliphatic hydroxyl groups excluding tert-OH is 1. The molecule has 13 rings (SSSR count). The molecule has 16 nitrogen and oxygen atoms in total. The minimum atomic E-state index is -1.29. The summed E-state index contributed by atoms with van der Waals surface area (Å²) in [7, 11) is 0. The number of aromatic hydroxyl groups is 1. The molecular formula is C51H55FN10O6. The summed E-state index contributed by atoms with van der Waals surface area (Å²) in [4.78, 5) is 66.9. The first-order valence-electron chi connectivity index (χ1n) is 24.5. The molecule has 2 bridgehead atoms. The van der Waals surface area contributed by atoms with Gasteiger partial charge in [0.25, 0.3) is 11.8 Å². The van der Waals surface area contributed by atoms with Gasteiger partial charge in [-0.15, -0.1) is 0 Å². The van der Waals surface area contributed by atoms with Gasteiger partial charge in [-0.2, -0.15) is 9.97 Å². The molecule has 7 saturated heterocycles. The van der Waals surface area contributed by atoms with Gasteiger partial charge in [0.15, 0.2) is 5.82 Å². The predicted molar refractivity (Wildman–Crippen MR) is 250 cm³/mol. The molecule has 4 unspecified atom stereocenters. The molecule has 17 heteroatoms. The van der Waals surface area contributed by atoms with E-state index in [0.29, 0.717) is 59.2 Å². The number of piperidine rings is 2. The van der Waals surface area contributed by atoms with Crippen molar-refractivity contribution in [2.45, 2.75) is 87.4 Å². The van der Waals surface area contributed by atoms with Crippen molar-refractivity contribution >= 4 is 45.2 Å². The Kier molecular flexibility index (Phi) is 10.0. The normalized spacial score (nSPS) is 29.7. The number of benzene rings is 3. The van der Waals surface area contributed by atoms with Crippen molar-refractivity contribution in [1.82, 2.24) is 44.8 Å². The summed E-state index contributed by atoms with van der Waals surface area (Å²) >= 11 is 0. The number of carbonyl (C=O) groups excluding carboxylic acids is 3. The number of aliphatic hydroxyl groups is 1. The van der Waals surface area contributed by atoms with Gasteiger partial charge in [-0.05, 0) is 91.6 Å². The predicted octanol–water partition coefficient (Wildman–Crippen LogP) is 3.97. The van der Waals surface area contributed by atoms with Gasteiger partial charge in [0, 0.05) is 95.2 Å². The molecule has 5 aromatic rings. The maximum atomic E-state index is 17.2. The van der Waals surface area contributed by atoms with Crippen molar-refractivity contribution in [3.63, 3.8) is 0 Å². The van der Waals surface area contributed by atoms with Crippen LogP contribution in [0.5, 0.6) is 11.8 Å². The van der Waals surface area contributed by atoms with Crippen LogP contribution in [-0.2, 0) is 11.3 Å². The number of anilines is 1. The largest absolute Gasteiger partial charge is 0.508 e. The lowest BCUT2D eigenvalue weighted by molar-refractivity contribution is -0.129. The lowest BCUT2D eigenvalue weighted by atomic mass is 9.92. The fraction of sp³-hybridized carbons (Fsp3) is 0.490. The van der Waals surface area contributed by atoms with Gasteiger partial charge in [0.2, 0.25) is 5.91 Å². The number of pyridine rings is 1. The highest BCUT2D eigenvalue weighted by atomic mass is 19.1. The number of imide groups is 1. The van der Waals surface area contributed by atoms with Gasteiger partial charge in [-0.25, -0.2) is 4.39 Å². The summed E-state index contributed by atoms with van der Waals surface area (Å²) in [6.07, 6.45) is 6.15. The number of phenols is 1. The first-order valence-corrected chi connectivity index (χ1v) is 24.5. The van der Waals surface area contributed by atoms with Crippen molar-refractivity contribution in [2.75, 3.05) is 70.4 Å². The van der Waals surface area contributed by atoms with E-state index in [9.17, 15) is 24.6 Å². The van der Waals surface area contributed by atoms with Crippen LogP contribution in [0, 0.1) is 11.7 Å². The van der Waals surface area contributed by atoms with Gasteiger partial charge in [0.1, 0.15) is 35.6 Å². The minimum absolute atomic E-state index is 0.0380. The Morgan fingerprint density at radius 3 is 2.47 bits per heavy atom. The summed E-state index contributed by atoms with van der Waals surface area (Å²) in [5, 5.41) is 25.8. The molecule has 6 atom stereocenters. The summed E-state index contributed by atoms with van der Waals surface area (Å²) < 4.78 is 23.9. The van der Waals surface area contributed by atoms with Crippen LogP contribution in [0.2, 0.25) is 0 Å². The van der Waals surface area contributed by atoms with Crippen LogP contribution in [0.25, 0.3) is 32.9 Å². The third-order valence-corrected chi connectivity index (χ3v) is 16.8. The van der Waals surface area contributed by atoms with E-state index in [1.165, 1.54) is 12.8 Å². The van der Waals surface area contributed by atoms with E-state index in [4.69, 9.17) is 19.7 Å². The molecule has 2 aromatic heterocycles. The topological polar surface area (TPSA) is 171 Å². The Balaban J connectivity index is 0.715. The Labute approximate surface area is 392 Å². The summed E-state index contributed by atoms with van der Waals surface area (Å²) in [6, 6.07) is 16.9. The monoisotopic (exact) mass is 922 g/mol. The zero-order chi connectivity index (χ0) is 46.0. The van der Waals surface area contributed by atoms with Crippen molar-refractivity contribution in [3.05, 3.63) is 83.3 Å². The SMILES string of the molecule is O=C1CCC(N2C(=O)c3ccc(CN4CCN([C@H]5CN6CCC[C@@]6(COc6nc(N7CC8CC9CC(C7)N8C9)c7cnc(-c8cc(O)cc9ccccc89)c(F)c7n6)C5)CC4)cc3C2=O)C(O)N1. The zero-order valence-electron chi connectivity index (χ0n) is 37.9. The molecular weight excluding hydrogens is 868 g/mol. The molecule has 7 fully saturated rings. The van der Waals surface area contributed by atoms with Gasteiger partial charge >= 0.3 is 6.01 Å². The van der Waals surface area contributed by atoms with E-state index in [0.717, 1.165) is 105 Å². The van der Waals surface area contributed by atoms with Crippen molar-refractivity contribution in [1.29, 1.82) is 0 Å². The first-order chi connectivity index (χ1) is 33.1. The third kappa shape index (κ3) is 6.94. The van der Waals surface area contributed by atoms with Gasteiger partial charge in [-0.1, -0.05) is 30.3 Å². The second-order valence-corrected chi connectivity index (χ2v) is 20.7. The number of phenolic OH excluding ortho intramolecular Hbond substituents is 1. The Morgan fingerprint density at radius 2 is 1.66 bits per heavy atom. The smallest absolute Gasteiger partial charge is 0.319 e. The van der Waals surface area contributed by atoms with Crippen LogP contribution >= 0.6 is 0 Å². The van der Waals surface area contributed by atoms with Crippen LogP contribution in [0.1, 0.15) is 71.2 Å². The molecule has 3 aromatic carbocycles. The molecule has 68 heavy (non-hydrogen) atoms. The highest BCUT2D eigenvalue weighted by Crippen LogP contribution is 2.45. The highest BCUT2D eigenvalue weighted by molar-refractivity contribution is 6.21. The van der Waals surface area contributed by atoms with Gasteiger partial charge in [-0.3, -0.25) is 43.9 Å². The number of nitrogens with one attached hydrogen (secondary N) is 1. The first kappa shape index (κ1) is 42.3. The number of ether oxygens (including phenoxy) is 1. The van der Waals surface area contributed by atoms with Crippen molar-refractivity contribution < 1.29 is 33.7 Å². The fourth-order valence-electron chi connectivity index (χ4n) is 13.5. The summed E-state index contributed by atoms with van der Waals surface area (Å²) in [5.74, 6) is -0.268. The van der Waals surface area contributed by atoms with E-state index in [2.05, 4.69) is 29.8 Å². The maximum Gasteiger partial charge on any atom is 0.319 e. The highest BCUT2D eigenvalue weighted by Gasteiger charge is 2.52. The number of halogens is 1. The summed E-state index contributed by atoms with van der Waals surface area (Å²) in [5.41, 5.74) is 2.23. The molecule has 8 aliphatic heterocycles. The lowest BCUT2D eigenvalue weighted by Crippen LogP contribution is -2.57. The van der Waals surface area contributed by atoms with Crippen molar-refractivity contribution in [3.8, 4) is 23.0 Å². The number of piperazine rings is 2. The van der Waals surface area contributed by atoms with Crippen LogP contribution in [0.4, 0.5) is 10.2 Å². The number of aromatic nitrogens is 3. The van der Waals surface area contributed by atoms with Gasteiger partial charge in [0.05, 0.1) is 28.1 Å². The van der Waals surface area contributed by atoms with Crippen LogP contribution in [0.3, 0.4) is 0 Å². The zero-order valence-corrected chi connectivity index (χ0v) is 37.9. The van der Waals surface area contributed by atoms with E-state index in [-0.39, 0.29) is 47.3 Å². The number of fused-ring (bicyclic) bond motifs is 5. The minimum Gasteiger partial charge on any atom is -0.508 e. The van der Waals surface area contributed by atoms with Crippen LogP contribution in [-0.4, -0.2) is 169 Å². The number of hydrogen-bond donors (Lipinski definition) is 3. The molecule has 0 radical (unpaired) electrons. The van der Waals surface area contributed by atoms with E-state index in [1.807, 2.05) is 36.4 Å². The molecule has 10 heterocycles. The lowest BCUT2D eigenvalue weighted by Gasteiger charge is -2.44. The van der Waals surface area contributed by atoms with E-state index >= 15 is 4.39 Å². The standard InChI is InChI=1S/C51H55FN10O6/c52-43-44(38-20-35(63)19-31-4-1-2-5-36(31)38)53-22-40-45(43)55-50(56-46(40)59-25-32-16-30-17-33(26-59)61(32)24-30)68-28-51-10-3-11-60(51)27-34(21-51)58-14-12-57(13-15-58)23-29-6-7-37-39(18-29)49(67)62(48(37)66)41-8-9-42(64)54-47(41)65/h1-2,4-7,18-20,22,30,32-34,41,47,63,65H,3,8-17,21,23-28H2,(H,54,64)/t30?,32?,33?,34-,41?,47?,51+/m1/s1. The van der Waals surface area contributed by atoms with E-state index in [1.54, 1.807) is 24.4 Å². The molecule has 3 N–H and O–H groups in total. The number of nitrogens with zero attached hydrogens (tertiary/aromatic N) is 9. The van der Waals surface area contributed by atoms with Crippen LogP contribution < -0.4 is 15.0 Å². The Bertz CT molecular complexity index is 2900. The quantitative estimate of drug-likeness (QED) is 0.182. The number of rotatable bonds is 9. The number of hydrogen-bond acceptors (Lipinski definition) is 14. The Morgan fingerprint density at radius 1 is 0.853 bits per heavy atom. The molecule has 0 spiro atoms. The second-order valence-electron chi connectivity index (χ2n) is 20.7. The molecule has 0 saturated carbocycles. The third-order valence-electron chi connectivity index (χ3n) is 16.8. The average molecular weight is 923 g/mol. The van der Waals surface area contributed by atoms with Crippen molar-refractivity contribution in [2.24, 2.45) is 5.92 Å². The molecule has 352 valence electrons.